The fourth-order valence-corrected chi connectivity index (χ4v) is 3.54. The van der Waals surface area contributed by atoms with Gasteiger partial charge in [-0.05, 0) is 19.3 Å². The summed E-state index contributed by atoms with van der Waals surface area (Å²) in [6, 6.07) is 0. The molecule has 0 rings (SSSR count). The topological polar surface area (TPSA) is 20.3 Å². The second kappa shape index (κ2) is 20.8. The first kappa shape index (κ1) is 25.5. The lowest BCUT2D eigenvalue weighted by Crippen LogP contribution is -2.32. The van der Waals surface area contributed by atoms with Crippen LogP contribution >= 0.6 is 0 Å². The maximum absolute atomic E-state index is 12.5. The SMILES string of the molecule is CCCCCCCCCCCCN(CCCC)C(=O)CCCCCCC. The number of rotatable bonds is 20. The van der Waals surface area contributed by atoms with E-state index in [1.807, 2.05) is 0 Å². The molecule has 0 aromatic heterocycles. The van der Waals surface area contributed by atoms with Gasteiger partial charge < -0.3 is 4.90 Å². The molecule has 0 saturated carbocycles. The Kier molecular flexibility index (Phi) is 20.4. The van der Waals surface area contributed by atoms with Gasteiger partial charge in [0.05, 0.1) is 0 Å². The molecule has 1 amide bonds. The van der Waals surface area contributed by atoms with E-state index in [2.05, 4.69) is 25.7 Å². The third kappa shape index (κ3) is 16.9. The van der Waals surface area contributed by atoms with Gasteiger partial charge in [-0.15, -0.1) is 0 Å². The third-order valence-corrected chi connectivity index (χ3v) is 5.41. The number of unbranched alkanes of at least 4 members (excludes halogenated alkanes) is 14. The first-order chi connectivity index (χ1) is 12.8. The van der Waals surface area contributed by atoms with E-state index in [9.17, 15) is 4.79 Å². The minimum atomic E-state index is 0.408. The molecule has 0 spiro atoms. The van der Waals surface area contributed by atoms with Crippen molar-refractivity contribution < 1.29 is 4.79 Å². The molecular weight excluding hydrogens is 318 g/mol. The van der Waals surface area contributed by atoms with Gasteiger partial charge in [-0.1, -0.05) is 111 Å². The lowest BCUT2D eigenvalue weighted by molar-refractivity contribution is -0.131. The van der Waals surface area contributed by atoms with E-state index in [-0.39, 0.29) is 0 Å². The van der Waals surface area contributed by atoms with Crippen LogP contribution < -0.4 is 0 Å². The van der Waals surface area contributed by atoms with Gasteiger partial charge in [-0.2, -0.15) is 0 Å². The molecule has 0 unspecified atom stereocenters. The van der Waals surface area contributed by atoms with Crippen molar-refractivity contribution in [3.05, 3.63) is 0 Å². The van der Waals surface area contributed by atoms with Gasteiger partial charge >= 0.3 is 0 Å². The summed E-state index contributed by atoms with van der Waals surface area (Å²) in [5, 5.41) is 0. The summed E-state index contributed by atoms with van der Waals surface area (Å²) < 4.78 is 0. The largest absolute Gasteiger partial charge is 0.343 e. The summed E-state index contributed by atoms with van der Waals surface area (Å²) >= 11 is 0. The first-order valence-corrected chi connectivity index (χ1v) is 12.0. The van der Waals surface area contributed by atoms with E-state index in [4.69, 9.17) is 0 Å². The Morgan fingerprint density at radius 1 is 0.500 bits per heavy atom. The highest BCUT2D eigenvalue weighted by molar-refractivity contribution is 5.76. The third-order valence-electron chi connectivity index (χ3n) is 5.41. The molecule has 0 atom stereocenters. The van der Waals surface area contributed by atoms with E-state index in [1.165, 1.54) is 96.3 Å². The second-order valence-corrected chi connectivity index (χ2v) is 8.08. The molecule has 0 aromatic carbocycles. The number of nitrogens with zero attached hydrogens (tertiary/aromatic N) is 1. The van der Waals surface area contributed by atoms with E-state index >= 15 is 0 Å². The standard InChI is InChI=1S/C24H49NO/c1-4-7-10-12-13-14-15-16-18-20-23-25(22-9-6-3)24(26)21-19-17-11-8-5-2/h4-23H2,1-3H3. The van der Waals surface area contributed by atoms with Gasteiger partial charge in [0.2, 0.25) is 5.91 Å². The van der Waals surface area contributed by atoms with Crippen LogP contribution in [0.25, 0.3) is 0 Å². The molecule has 0 bridgehead atoms. The lowest BCUT2D eigenvalue weighted by atomic mass is 10.1. The molecule has 0 aromatic rings. The summed E-state index contributed by atoms with van der Waals surface area (Å²) in [5.74, 6) is 0.408. The van der Waals surface area contributed by atoms with Crippen molar-refractivity contribution in [3.63, 3.8) is 0 Å². The number of carbonyl (C=O) groups excluding carboxylic acids is 1. The highest BCUT2D eigenvalue weighted by Gasteiger charge is 2.12. The quantitative estimate of drug-likeness (QED) is 0.200. The van der Waals surface area contributed by atoms with Gasteiger partial charge in [-0.25, -0.2) is 0 Å². The lowest BCUT2D eigenvalue weighted by Gasteiger charge is -2.22. The fraction of sp³-hybridized carbons (Fsp3) is 0.958. The highest BCUT2D eigenvalue weighted by Crippen LogP contribution is 2.12. The first-order valence-electron chi connectivity index (χ1n) is 12.0. The normalized spacial score (nSPS) is 11.0. The summed E-state index contributed by atoms with van der Waals surface area (Å²) in [6.45, 7) is 8.70. The van der Waals surface area contributed by atoms with Gasteiger partial charge in [0.15, 0.2) is 0 Å². The Morgan fingerprint density at radius 3 is 1.38 bits per heavy atom. The fourth-order valence-electron chi connectivity index (χ4n) is 3.54. The Labute approximate surface area is 165 Å². The molecule has 2 nitrogen and oxygen atoms in total. The maximum atomic E-state index is 12.5. The molecule has 2 heteroatoms. The van der Waals surface area contributed by atoms with Crippen LogP contribution in [0.1, 0.15) is 136 Å². The van der Waals surface area contributed by atoms with E-state index in [0.717, 1.165) is 32.4 Å². The van der Waals surface area contributed by atoms with Crippen LogP contribution in [0.15, 0.2) is 0 Å². The van der Waals surface area contributed by atoms with Crippen molar-refractivity contribution in [3.8, 4) is 0 Å². The number of hydrogen-bond donors (Lipinski definition) is 0. The monoisotopic (exact) mass is 367 g/mol. The van der Waals surface area contributed by atoms with E-state index in [1.54, 1.807) is 0 Å². The van der Waals surface area contributed by atoms with Gasteiger partial charge in [0, 0.05) is 19.5 Å². The maximum Gasteiger partial charge on any atom is 0.222 e. The van der Waals surface area contributed by atoms with Crippen LogP contribution in [-0.2, 0) is 4.79 Å². The van der Waals surface area contributed by atoms with Crippen LogP contribution in [0, 0.1) is 0 Å². The van der Waals surface area contributed by atoms with Gasteiger partial charge in [0.25, 0.3) is 0 Å². The van der Waals surface area contributed by atoms with Crippen LogP contribution in [0.4, 0.5) is 0 Å². The van der Waals surface area contributed by atoms with Crippen molar-refractivity contribution >= 4 is 5.91 Å². The predicted octanol–water partition coefficient (Wildman–Crippen LogP) is 7.90. The van der Waals surface area contributed by atoms with Crippen molar-refractivity contribution in [1.82, 2.24) is 4.90 Å². The van der Waals surface area contributed by atoms with Crippen molar-refractivity contribution in [2.45, 2.75) is 136 Å². The molecule has 0 aliphatic carbocycles. The predicted molar refractivity (Wildman–Crippen MR) is 117 cm³/mol. The number of amides is 1. The van der Waals surface area contributed by atoms with Crippen LogP contribution in [0.2, 0.25) is 0 Å². The van der Waals surface area contributed by atoms with Crippen LogP contribution in [0.3, 0.4) is 0 Å². The Morgan fingerprint density at radius 2 is 0.885 bits per heavy atom. The zero-order chi connectivity index (χ0) is 19.3. The molecule has 156 valence electrons. The summed E-state index contributed by atoms with van der Waals surface area (Å²) in [6.07, 6.45) is 22.9. The molecule has 0 saturated heterocycles. The summed E-state index contributed by atoms with van der Waals surface area (Å²) in [7, 11) is 0. The summed E-state index contributed by atoms with van der Waals surface area (Å²) in [5.41, 5.74) is 0. The molecule has 0 heterocycles. The molecule has 0 radical (unpaired) electrons. The minimum Gasteiger partial charge on any atom is -0.343 e. The molecule has 26 heavy (non-hydrogen) atoms. The van der Waals surface area contributed by atoms with E-state index < -0.39 is 0 Å². The minimum absolute atomic E-state index is 0.408. The van der Waals surface area contributed by atoms with Gasteiger partial charge in [-0.3, -0.25) is 4.79 Å². The van der Waals surface area contributed by atoms with Crippen molar-refractivity contribution in [1.29, 1.82) is 0 Å². The van der Waals surface area contributed by atoms with Crippen molar-refractivity contribution in [2.75, 3.05) is 13.1 Å². The zero-order valence-corrected chi connectivity index (χ0v) is 18.5. The van der Waals surface area contributed by atoms with Crippen LogP contribution in [0.5, 0.6) is 0 Å². The molecule has 0 fully saturated rings. The van der Waals surface area contributed by atoms with Crippen LogP contribution in [-0.4, -0.2) is 23.9 Å². The summed E-state index contributed by atoms with van der Waals surface area (Å²) in [4.78, 5) is 14.7. The number of hydrogen-bond acceptors (Lipinski definition) is 1. The molecule has 0 aliphatic heterocycles. The Hall–Kier alpha value is -0.530. The molecule has 0 aliphatic rings. The molecule has 0 N–H and O–H groups in total. The van der Waals surface area contributed by atoms with Crippen molar-refractivity contribution in [2.24, 2.45) is 0 Å². The molecular formula is C24H49NO. The second-order valence-electron chi connectivity index (χ2n) is 8.08. The average Bonchev–Trinajstić information content (AvgIpc) is 2.65. The number of carbonyl (C=O) groups is 1. The smallest absolute Gasteiger partial charge is 0.222 e. The Bertz CT molecular complexity index is 290. The van der Waals surface area contributed by atoms with Gasteiger partial charge in [0.1, 0.15) is 0 Å². The Balaban J connectivity index is 3.73. The highest BCUT2D eigenvalue weighted by atomic mass is 16.2. The average molecular weight is 368 g/mol. The zero-order valence-electron chi connectivity index (χ0n) is 18.5. The van der Waals surface area contributed by atoms with E-state index in [0.29, 0.717) is 5.91 Å².